The fraction of sp³-hybridized carbons (Fsp3) is 0.0526. The zero-order chi connectivity index (χ0) is 15.5. The van der Waals surface area contributed by atoms with Gasteiger partial charge in [-0.2, -0.15) is 0 Å². The minimum absolute atomic E-state index is 0.641. The summed E-state index contributed by atoms with van der Waals surface area (Å²) >= 11 is 0. The summed E-state index contributed by atoms with van der Waals surface area (Å²) in [5, 5.41) is 4.51. The van der Waals surface area contributed by atoms with Gasteiger partial charge in [0.15, 0.2) is 0 Å². The zero-order valence-electron chi connectivity index (χ0n) is 12.4. The quantitative estimate of drug-likeness (QED) is 0.603. The fourth-order valence-corrected chi connectivity index (χ4v) is 2.65. The molecule has 3 aromatic heterocycles. The molecule has 4 rings (SSSR count). The lowest BCUT2D eigenvalue weighted by Gasteiger charge is -2.10. The highest BCUT2D eigenvalue weighted by Gasteiger charge is 2.08. The van der Waals surface area contributed by atoms with Crippen LogP contribution in [-0.2, 0) is 6.54 Å². The highest BCUT2D eigenvalue weighted by molar-refractivity contribution is 5.80. The number of pyridine rings is 2. The van der Waals surface area contributed by atoms with Gasteiger partial charge in [-0.1, -0.05) is 24.3 Å². The third-order valence-electron chi connectivity index (χ3n) is 3.76. The van der Waals surface area contributed by atoms with Crippen molar-refractivity contribution >= 4 is 16.8 Å². The summed E-state index contributed by atoms with van der Waals surface area (Å²) in [6, 6.07) is 17.9. The van der Waals surface area contributed by atoms with Crippen molar-refractivity contribution in [3.05, 3.63) is 78.8 Å². The molecule has 112 valence electrons. The first-order valence-corrected chi connectivity index (χ1v) is 7.47. The number of furan rings is 1. The fourth-order valence-electron chi connectivity index (χ4n) is 2.65. The van der Waals surface area contributed by atoms with Gasteiger partial charge in [-0.3, -0.25) is 4.98 Å². The maximum absolute atomic E-state index is 5.58. The molecule has 4 heteroatoms. The average molecular weight is 301 g/mol. The van der Waals surface area contributed by atoms with Gasteiger partial charge in [0.2, 0.25) is 0 Å². The molecule has 0 saturated carbocycles. The molecule has 0 aliphatic heterocycles. The molecular weight excluding hydrogens is 286 g/mol. The van der Waals surface area contributed by atoms with E-state index < -0.39 is 0 Å². The number of nitrogens with one attached hydrogen (secondary N) is 1. The van der Waals surface area contributed by atoms with Gasteiger partial charge in [-0.15, -0.1) is 0 Å². The van der Waals surface area contributed by atoms with Gasteiger partial charge < -0.3 is 9.73 Å². The molecule has 0 aliphatic carbocycles. The van der Waals surface area contributed by atoms with Gasteiger partial charge in [0.25, 0.3) is 0 Å². The molecule has 0 fully saturated rings. The number of nitrogens with zero attached hydrogens (tertiary/aromatic N) is 2. The first-order chi connectivity index (χ1) is 11.4. The van der Waals surface area contributed by atoms with Crippen molar-refractivity contribution in [1.82, 2.24) is 9.97 Å². The lowest BCUT2D eigenvalue weighted by atomic mass is 10.1. The molecule has 0 amide bonds. The summed E-state index contributed by atoms with van der Waals surface area (Å²) in [6.45, 7) is 0.641. The zero-order valence-corrected chi connectivity index (χ0v) is 12.4. The second-order valence-corrected chi connectivity index (χ2v) is 5.22. The number of rotatable bonds is 4. The second kappa shape index (κ2) is 5.93. The van der Waals surface area contributed by atoms with Crippen LogP contribution < -0.4 is 5.32 Å². The van der Waals surface area contributed by atoms with Crippen LogP contribution in [0, 0.1) is 0 Å². The third-order valence-corrected chi connectivity index (χ3v) is 3.76. The van der Waals surface area contributed by atoms with Crippen LogP contribution >= 0.6 is 0 Å². The Morgan fingerprint density at radius 1 is 0.870 bits per heavy atom. The second-order valence-electron chi connectivity index (χ2n) is 5.22. The Hall–Kier alpha value is -3.14. The van der Waals surface area contributed by atoms with Gasteiger partial charge in [0.05, 0.1) is 12.0 Å². The number of hydrogen-bond acceptors (Lipinski definition) is 4. The lowest BCUT2D eigenvalue weighted by Crippen LogP contribution is -2.03. The van der Waals surface area contributed by atoms with Crippen LogP contribution in [-0.4, -0.2) is 9.97 Å². The largest absolute Gasteiger partial charge is 0.464 e. The van der Waals surface area contributed by atoms with Crippen LogP contribution in [0.2, 0.25) is 0 Å². The number of benzene rings is 1. The molecule has 0 spiro atoms. The van der Waals surface area contributed by atoms with Crippen LogP contribution in [0.1, 0.15) is 5.56 Å². The molecule has 0 aliphatic rings. The lowest BCUT2D eigenvalue weighted by molar-refractivity contribution is 0.611. The van der Waals surface area contributed by atoms with Crippen LogP contribution in [0.5, 0.6) is 0 Å². The predicted molar refractivity (Wildman–Crippen MR) is 91.0 cm³/mol. The topological polar surface area (TPSA) is 51.0 Å². The Morgan fingerprint density at radius 2 is 1.83 bits per heavy atom. The number of aromatic nitrogens is 2. The van der Waals surface area contributed by atoms with Crippen LogP contribution in [0.25, 0.3) is 22.2 Å². The first kappa shape index (κ1) is 13.5. The SMILES string of the molecule is c1ccc(-c2cccnc2NCc2cccc3ccoc23)nc1. The Morgan fingerprint density at radius 3 is 2.74 bits per heavy atom. The molecule has 0 saturated heterocycles. The van der Waals surface area contributed by atoms with Gasteiger partial charge in [0, 0.05) is 35.5 Å². The number of anilines is 1. The molecule has 4 aromatic rings. The maximum Gasteiger partial charge on any atom is 0.138 e. The van der Waals surface area contributed by atoms with E-state index in [4.69, 9.17) is 4.42 Å². The van der Waals surface area contributed by atoms with Gasteiger partial charge in [-0.05, 0) is 30.3 Å². The van der Waals surface area contributed by atoms with E-state index >= 15 is 0 Å². The van der Waals surface area contributed by atoms with Crippen molar-refractivity contribution in [2.75, 3.05) is 5.32 Å². The molecule has 0 bridgehead atoms. The van der Waals surface area contributed by atoms with E-state index in [0.29, 0.717) is 6.54 Å². The molecule has 1 N–H and O–H groups in total. The van der Waals surface area contributed by atoms with E-state index in [1.807, 2.05) is 48.5 Å². The van der Waals surface area contributed by atoms with Crippen molar-refractivity contribution in [3.63, 3.8) is 0 Å². The Labute approximate surface area is 133 Å². The highest BCUT2D eigenvalue weighted by Crippen LogP contribution is 2.25. The van der Waals surface area contributed by atoms with E-state index in [2.05, 4.69) is 21.4 Å². The van der Waals surface area contributed by atoms with Crippen molar-refractivity contribution in [1.29, 1.82) is 0 Å². The minimum Gasteiger partial charge on any atom is -0.464 e. The average Bonchev–Trinajstić information content (AvgIpc) is 3.10. The van der Waals surface area contributed by atoms with E-state index in [9.17, 15) is 0 Å². The summed E-state index contributed by atoms with van der Waals surface area (Å²) in [7, 11) is 0. The van der Waals surface area contributed by atoms with Crippen molar-refractivity contribution < 1.29 is 4.42 Å². The molecule has 3 heterocycles. The molecule has 23 heavy (non-hydrogen) atoms. The molecule has 0 radical (unpaired) electrons. The summed E-state index contributed by atoms with van der Waals surface area (Å²) in [4.78, 5) is 8.86. The van der Waals surface area contributed by atoms with E-state index in [-0.39, 0.29) is 0 Å². The highest BCUT2D eigenvalue weighted by atomic mass is 16.3. The Balaban J connectivity index is 1.64. The van der Waals surface area contributed by atoms with Crippen LogP contribution in [0.4, 0.5) is 5.82 Å². The maximum atomic E-state index is 5.58. The number of para-hydroxylation sites is 1. The summed E-state index contributed by atoms with van der Waals surface area (Å²) in [5.41, 5.74) is 3.90. The van der Waals surface area contributed by atoms with Crippen molar-refractivity contribution in [3.8, 4) is 11.3 Å². The molecular formula is C19H15N3O. The summed E-state index contributed by atoms with van der Waals surface area (Å²) in [5.74, 6) is 0.815. The predicted octanol–water partition coefficient (Wildman–Crippen LogP) is 4.50. The summed E-state index contributed by atoms with van der Waals surface area (Å²) in [6.07, 6.45) is 5.28. The molecule has 0 atom stereocenters. The van der Waals surface area contributed by atoms with E-state index in [0.717, 1.165) is 33.6 Å². The number of fused-ring (bicyclic) bond motifs is 1. The van der Waals surface area contributed by atoms with Crippen molar-refractivity contribution in [2.24, 2.45) is 0 Å². The molecule has 1 aromatic carbocycles. The van der Waals surface area contributed by atoms with E-state index in [1.165, 1.54) is 0 Å². The standard InChI is InChI=1S/C19H15N3O/c1-2-10-20-17(8-1)16-7-4-11-21-19(16)22-13-15-6-3-5-14-9-12-23-18(14)15/h1-12H,13H2,(H,21,22). The van der Waals surface area contributed by atoms with Crippen LogP contribution in [0.3, 0.4) is 0 Å². The normalized spacial score (nSPS) is 10.8. The third kappa shape index (κ3) is 2.66. The molecule has 0 unspecified atom stereocenters. The molecule has 4 nitrogen and oxygen atoms in total. The van der Waals surface area contributed by atoms with Crippen LogP contribution in [0.15, 0.2) is 77.7 Å². The minimum atomic E-state index is 0.641. The van der Waals surface area contributed by atoms with Gasteiger partial charge in [-0.25, -0.2) is 4.98 Å². The summed E-state index contributed by atoms with van der Waals surface area (Å²) < 4.78 is 5.58. The van der Waals surface area contributed by atoms with Gasteiger partial charge in [0.1, 0.15) is 11.4 Å². The monoisotopic (exact) mass is 301 g/mol. The number of hydrogen-bond donors (Lipinski definition) is 1. The van der Waals surface area contributed by atoms with E-state index in [1.54, 1.807) is 18.7 Å². The Bertz CT molecular complexity index is 931. The van der Waals surface area contributed by atoms with Crippen molar-refractivity contribution in [2.45, 2.75) is 6.54 Å². The Kier molecular flexibility index (Phi) is 3.48. The smallest absolute Gasteiger partial charge is 0.138 e. The first-order valence-electron chi connectivity index (χ1n) is 7.47. The van der Waals surface area contributed by atoms with Gasteiger partial charge >= 0.3 is 0 Å².